The van der Waals surface area contributed by atoms with E-state index in [4.69, 9.17) is 9.15 Å². The number of carbonyl (C=O) groups excluding carboxylic acids is 1. The second kappa shape index (κ2) is 6.98. The monoisotopic (exact) mass is 361 g/mol. The first-order valence-corrected chi connectivity index (χ1v) is 8.92. The van der Waals surface area contributed by atoms with E-state index in [0.29, 0.717) is 28.4 Å². The summed E-state index contributed by atoms with van der Waals surface area (Å²) < 4.78 is 11.0. The molecule has 4 aromatic rings. The number of rotatable bonds is 5. The SMILES string of the molecule is COc1ccc(C(=O)/C(=C/c2cccs2)c2nc3ccccc3o2)cc1. The molecule has 0 radical (unpaired) electrons. The Labute approximate surface area is 154 Å². The molecule has 26 heavy (non-hydrogen) atoms. The molecule has 0 unspecified atom stereocenters. The highest BCUT2D eigenvalue weighted by Crippen LogP contribution is 2.27. The van der Waals surface area contributed by atoms with E-state index in [0.717, 1.165) is 10.4 Å². The molecule has 0 aliphatic carbocycles. The van der Waals surface area contributed by atoms with Crippen LogP contribution in [0.25, 0.3) is 22.7 Å². The summed E-state index contributed by atoms with van der Waals surface area (Å²) in [5.74, 6) is 0.875. The van der Waals surface area contributed by atoms with Crippen molar-refractivity contribution in [3.63, 3.8) is 0 Å². The number of ether oxygens (including phenoxy) is 1. The van der Waals surface area contributed by atoms with Gasteiger partial charge in [-0.3, -0.25) is 4.79 Å². The number of aromatic nitrogens is 1. The molecule has 0 amide bonds. The van der Waals surface area contributed by atoms with Gasteiger partial charge >= 0.3 is 0 Å². The maximum absolute atomic E-state index is 13.1. The second-order valence-corrected chi connectivity index (χ2v) is 6.60. The Balaban J connectivity index is 1.81. The lowest BCUT2D eigenvalue weighted by Gasteiger charge is -2.05. The predicted molar refractivity (Wildman–Crippen MR) is 104 cm³/mol. The second-order valence-electron chi connectivity index (χ2n) is 5.62. The molecule has 0 bridgehead atoms. The number of hydrogen-bond acceptors (Lipinski definition) is 5. The van der Waals surface area contributed by atoms with Crippen LogP contribution in [-0.4, -0.2) is 17.9 Å². The van der Waals surface area contributed by atoms with Crippen LogP contribution >= 0.6 is 11.3 Å². The number of nitrogens with zero attached hydrogens (tertiary/aromatic N) is 1. The fourth-order valence-corrected chi connectivity index (χ4v) is 3.28. The predicted octanol–water partition coefficient (Wildman–Crippen LogP) is 5.32. The Hall–Kier alpha value is -3.18. The highest BCUT2D eigenvalue weighted by atomic mass is 32.1. The number of benzene rings is 2. The van der Waals surface area contributed by atoms with Gasteiger partial charge in [0.05, 0.1) is 12.7 Å². The minimum absolute atomic E-state index is 0.146. The van der Waals surface area contributed by atoms with Crippen LogP contribution in [0.4, 0.5) is 0 Å². The van der Waals surface area contributed by atoms with Crippen molar-refractivity contribution in [1.29, 1.82) is 0 Å². The van der Waals surface area contributed by atoms with Crippen molar-refractivity contribution in [2.24, 2.45) is 0 Å². The number of carbonyl (C=O) groups is 1. The summed E-state index contributed by atoms with van der Waals surface area (Å²) in [4.78, 5) is 18.6. The van der Waals surface area contributed by atoms with Gasteiger partial charge < -0.3 is 9.15 Å². The van der Waals surface area contributed by atoms with Crippen molar-refractivity contribution < 1.29 is 13.9 Å². The van der Waals surface area contributed by atoms with Crippen LogP contribution in [0, 0.1) is 0 Å². The van der Waals surface area contributed by atoms with Crippen LogP contribution in [-0.2, 0) is 0 Å². The van der Waals surface area contributed by atoms with Crippen LogP contribution in [0.3, 0.4) is 0 Å². The number of thiophene rings is 1. The average molecular weight is 361 g/mol. The molecule has 2 aromatic heterocycles. The third-order valence-corrected chi connectivity index (χ3v) is 4.77. The lowest BCUT2D eigenvalue weighted by Crippen LogP contribution is -2.03. The molecular formula is C21H15NO3S. The van der Waals surface area contributed by atoms with Crippen molar-refractivity contribution >= 4 is 39.9 Å². The van der Waals surface area contributed by atoms with Crippen molar-refractivity contribution in [1.82, 2.24) is 4.98 Å². The number of fused-ring (bicyclic) bond motifs is 1. The van der Waals surface area contributed by atoms with E-state index in [2.05, 4.69) is 4.98 Å². The molecule has 0 aliphatic heterocycles. The topological polar surface area (TPSA) is 52.3 Å². The van der Waals surface area contributed by atoms with E-state index < -0.39 is 0 Å². The van der Waals surface area contributed by atoms with Gasteiger partial charge in [-0.1, -0.05) is 18.2 Å². The maximum atomic E-state index is 13.1. The largest absolute Gasteiger partial charge is 0.497 e. The number of hydrogen-bond donors (Lipinski definition) is 0. The molecule has 4 rings (SSSR count). The van der Waals surface area contributed by atoms with Crippen LogP contribution in [0.1, 0.15) is 21.1 Å². The lowest BCUT2D eigenvalue weighted by atomic mass is 10.0. The third-order valence-electron chi connectivity index (χ3n) is 3.95. The molecule has 128 valence electrons. The van der Waals surface area contributed by atoms with Crippen LogP contribution in [0.5, 0.6) is 5.75 Å². The first-order valence-electron chi connectivity index (χ1n) is 8.04. The van der Waals surface area contributed by atoms with Crippen LogP contribution in [0.15, 0.2) is 70.5 Å². The summed E-state index contributed by atoms with van der Waals surface area (Å²) in [6.07, 6.45) is 1.82. The summed E-state index contributed by atoms with van der Waals surface area (Å²) in [6.45, 7) is 0. The summed E-state index contributed by atoms with van der Waals surface area (Å²) >= 11 is 1.55. The van der Waals surface area contributed by atoms with Gasteiger partial charge in [0.1, 0.15) is 11.3 Å². The van der Waals surface area contributed by atoms with E-state index in [1.807, 2.05) is 47.9 Å². The van der Waals surface area contributed by atoms with Gasteiger partial charge in [0.25, 0.3) is 0 Å². The molecule has 0 saturated carbocycles. The van der Waals surface area contributed by atoms with Crippen molar-refractivity contribution in [3.05, 3.63) is 82.4 Å². The first-order chi connectivity index (χ1) is 12.7. The van der Waals surface area contributed by atoms with Gasteiger partial charge in [-0.25, -0.2) is 4.98 Å². The Morgan fingerprint density at radius 1 is 1.08 bits per heavy atom. The number of para-hydroxylation sites is 2. The molecule has 2 aromatic carbocycles. The zero-order chi connectivity index (χ0) is 17.9. The van der Waals surface area contributed by atoms with E-state index in [-0.39, 0.29) is 5.78 Å². The number of methoxy groups -OCH3 is 1. The zero-order valence-corrected chi connectivity index (χ0v) is 14.8. The minimum Gasteiger partial charge on any atom is -0.497 e. The van der Waals surface area contributed by atoms with Crippen molar-refractivity contribution in [2.45, 2.75) is 0 Å². The smallest absolute Gasteiger partial charge is 0.231 e. The van der Waals surface area contributed by atoms with Gasteiger partial charge in [-0.2, -0.15) is 0 Å². The Morgan fingerprint density at radius 3 is 2.58 bits per heavy atom. The van der Waals surface area contributed by atoms with Gasteiger partial charge in [0, 0.05) is 10.4 Å². The molecule has 4 nitrogen and oxygen atoms in total. The standard InChI is InChI=1S/C21H15NO3S/c1-24-15-10-8-14(9-11-15)20(23)17(13-16-5-4-12-26-16)21-22-18-6-2-3-7-19(18)25-21/h2-13H,1H3/b17-13-. The van der Waals surface area contributed by atoms with Crippen molar-refractivity contribution in [2.75, 3.05) is 7.11 Å². The Kier molecular flexibility index (Phi) is 4.37. The van der Waals surface area contributed by atoms with Crippen LogP contribution in [0.2, 0.25) is 0 Å². The fraction of sp³-hybridized carbons (Fsp3) is 0.0476. The molecule has 0 spiro atoms. The third kappa shape index (κ3) is 3.17. The van der Waals surface area contributed by atoms with E-state index >= 15 is 0 Å². The first kappa shape index (κ1) is 16.3. The molecule has 0 fully saturated rings. The molecule has 0 saturated heterocycles. The highest BCUT2D eigenvalue weighted by Gasteiger charge is 2.20. The summed E-state index contributed by atoms with van der Waals surface area (Å²) in [5.41, 5.74) is 2.36. The molecule has 0 N–H and O–H groups in total. The molecular weight excluding hydrogens is 346 g/mol. The summed E-state index contributed by atoms with van der Waals surface area (Å²) in [6, 6.07) is 18.4. The van der Waals surface area contributed by atoms with E-state index in [9.17, 15) is 4.79 Å². The van der Waals surface area contributed by atoms with Crippen molar-refractivity contribution in [3.8, 4) is 5.75 Å². The molecule has 5 heteroatoms. The van der Waals surface area contributed by atoms with Crippen LogP contribution < -0.4 is 4.74 Å². The highest BCUT2D eigenvalue weighted by molar-refractivity contribution is 7.11. The Morgan fingerprint density at radius 2 is 1.88 bits per heavy atom. The minimum atomic E-state index is -0.146. The number of Topliss-reactive ketones (excluding diaryl/α,β-unsaturated/α-hetero) is 1. The van der Waals surface area contributed by atoms with Gasteiger partial charge in [0.15, 0.2) is 11.4 Å². The van der Waals surface area contributed by atoms with Gasteiger partial charge in [0.2, 0.25) is 5.89 Å². The summed E-state index contributed by atoms with van der Waals surface area (Å²) in [7, 11) is 1.59. The zero-order valence-electron chi connectivity index (χ0n) is 14.0. The summed E-state index contributed by atoms with van der Waals surface area (Å²) in [5, 5.41) is 1.97. The average Bonchev–Trinajstić information content (AvgIpc) is 3.34. The Bertz CT molecular complexity index is 1040. The molecule has 0 atom stereocenters. The lowest BCUT2D eigenvalue weighted by molar-refractivity contribution is 0.105. The number of allylic oxidation sites excluding steroid dienone is 1. The number of ketones is 1. The van der Waals surface area contributed by atoms with E-state index in [1.54, 1.807) is 42.7 Å². The molecule has 0 aliphatic rings. The quantitative estimate of drug-likeness (QED) is 0.356. The van der Waals surface area contributed by atoms with Gasteiger partial charge in [-0.05, 0) is 53.9 Å². The normalized spacial score (nSPS) is 11.7. The molecule has 2 heterocycles. The fourth-order valence-electron chi connectivity index (χ4n) is 2.63. The maximum Gasteiger partial charge on any atom is 0.231 e. The van der Waals surface area contributed by atoms with E-state index in [1.165, 1.54) is 0 Å². The van der Waals surface area contributed by atoms with Gasteiger partial charge in [-0.15, -0.1) is 11.3 Å². The number of oxazole rings is 1.